The number of thiol groups is 1. The Balaban J connectivity index is 2.45. The monoisotopic (exact) mass is 499 g/mol. The third-order valence-corrected chi connectivity index (χ3v) is 5.84. The van der Waals surface area contributed by atoms with Crippen LogP contribution < -0.4 is 9.15 Å². The van der Waals surface area contributed by atoms with Crippen molar-refractivity contribution in [2.24, 2.45) is 0 Å². The van der Waals surface area contributed by atoms with Crippen LogP contribution in [0.1, 0.15) is 17.0 Å². The second-order valence-corrected chi connectivity index (χ2v) is 13.5. The quantitative estimate of drug-likeness (QED) is 0.280. The Kier molecular flexibility index (Phi) is 7.37. The zero-order chi connectivity index (χ0) is 20.4. The van der Waals surface area contributed by atoms with Crippen LogP contribution in [0.3, 0.4) is 0 Å². The van der Waals surface area contributed by atoms with E-state index in [1.807, 2.05) is 19.6 Å². The number of alkyl halides is 1. The fourth-order valence-electron chi connectivity index (χ4n) is 2.28. The molecule has 0 aliphatic rings. The van der Waals surface area contributed by atoms with Gasteiger partial charge in [-0.15, -0.1) is 0 Å². The number of rotatable bonds is 8. The summed E-state index contributed by atoms with van der Waals surface area (Å²) in [5, 5.41) is 10.6. The van der Waals surface area contributed by atoms with E-state index < -0.39 is 29.9 Å². The van der Waals surface area contributed by atoms with Gasteiger partial charge in [0.2, 0.25) is 25.0 Å². The van der Waals surface area contributed by atoms with Gasteiger partial charge in [-0.05, 0) is 44.3 Å². The number of benzene rings is 1. The molecule has 2 rings (SSSR count). The van der Waals surface area contributed by atoms with Gasteiger partial charge >= 0.3 is 0 Å². The minimum atomic E-state index is -2.70. The van der Waals surface area contributed by atoms with Crippen molar-refractivity contribution in [1.82, 2.24) is 4.72 Å². The van der Waals surface area contributed by atoms with E-state index in [2.05, 4.69) is 20.7 Å². The Bertz CT molecular complexity index is 892. The van der Waals surface area contributed by atoms with Crippen molar-refractivity contribution in [1.29, 1.82) is 0 Å². The van der Waals surface area contributed by atoms with E-state index in [1.54, 1.807) is 0 Å². The van der Waals surface area contributed by atoms with E-state index in [9.17, 15) is 17.9 Å². The molecule has 0 fully saturated rings. The number of furan rings is 1. The Hall–Kier alpha value is -1.07. The van der Waals surface area contributed by atoms with Gasteiger partial charge < -0.3 is 13.9 Å². The van der Waals surface area contributed by atoms with Gasteiger partial charge in [0.25, 0.3) is 0 Å². The van der Waals surface area contributed by atoms with Gasteiger partial charge in [-0.2, -0.15) is 0 Å². The third-order valence-electron chi connectivity index (χ3n) is 3.38. The van der Waals surface area contributed by atoms with Crippen LogP contribution in [0.2, 0.25) is 24.7 Å². The molecule has 0 radical (unpaired) electrons. The Labute approximate surface area is 173 Å². The second-order valence-electron chi connectivity index (χ2n) is 6.74. The molecule has 2 aromatic rings. The van der Waals surface area contributed by atoms with E-state index in [-0.39, 0.29) is 28.8 Å². The zero-order valence-electron chi connectivity index (χ0n) is 14.9. The SMILES string of the molecule is C[Si](C)(C)Oc1c(C(Br)CCN[SH](=O)=O)oc(-c2ccc(F)c(Cl)c2)c1O. The lowest BCUT2D eigenvalue weighted by atomic mass is 10.1. The fraction of sp³-hybridized carbons (Fsp3) is 0.375. The maximum absolute atomic E-state index is 13.4. The van der Waals surface area contributed by atoms with Gasteiger partial charge in [0.1, 0.15) is 5.82 Å². The summed E-state index contributed by atoms with van der Waals surface area (Å²) in [5.74, 6) is -0.164. The molecule has 0 saturated heterocycles. The van der Waals surface area contributed by atoms with Crippen LogP contribution in [0.5, 0.6) is 11.5 Å². The number of hydrogen-bond donors (Lipinski definition) is 3. The molecule has 11 heteroatoms. The molecule has 150 valence electrons. The summed E-state index contributed by atoms with van der Waals surface area (Å²) in [6.07, 6.45) is 0.363. The molecule has 6 nitrogen and oxygen atoms in total. The highest BCUT2D eigenvalue weighted by atomic mass is 79.9. The first-order valence-electron chi connectivity index (χ1n) is 8.01. The van der Waals surface area contributed by atoms with Crippen LogP contribution in [0.15, 0.2) is 22.6 Å². The van der Waals surface area contributed by atoms with Crippen LogP contribution >= 0.6 is 27.5 Å². The van der Waals surface area contributed by atoms with Gasteiger partial charge in [-0.1, -0.05) is 27.5 Å². The van der Waals surface area contributed by atoms with Crippen molar-refractivity contribution in [3.8, 4) is 22.8 Å². The first kappa shape index (κ1) is 22.2. The van der Waals surface area contributed by atoms with E-state index >= 15 is 0 Å². The summed E-state index contributed by atoms with van der Waals surface area (Å²) >= 11 is 9.28. The molecule has 0 aliphatic carbocycles. The summed E-state index contributed by atoms with van der Waals surface area (Å²) in [7, 11) is -4.80. The molecule has 0 bridgehead atoms. The first-order valence-corrected chi connectivity index (χ1v) is 13.9. The topological polar surface area (TPSA) is 88.8 Å². The number of aromatic hydroxyl groups is 1. The lowest BCUT2D eigenvalue weighted by Crippen LogP contribution is -2.29. The van der Waals surface area contributed by atoms with Crippen molar-refractivity contribution in [2.75, 3.05) is 6.54 Å². The summed E-state index contributed by atoms with van der Waals surface area (Å²) in [6.45, 7) is 6.03. The molecule has 0 spiro atoms. The minimum absolute atomic E-state index is 0.101. The molecular formula is C16H20BrClFNO5SSi. The van der Waals surface area contributed by atoms with E-state index in [1.165, 1.54) is 18.2 Å². The fourth-order valence-corrected chi connectivity index (χ4v) is 4.11. The standard InChI is InChI=1S/C16H20BrClFNO5SSi/c1-27(2,3)25-16-13(21)14(9-4-5-12(19)11(18)8-9)24-15(16)10(17)6-7-20-26(22)23/h4-5,8,10,21,26H,6-7H2,1-3H3,(H,20,22,23). The number of hydrogen-bond acceptors (Lipinski definition) is 5. The Morgan fingerprint density at radius 1 is 1.41 bits per heavy atom. The van der Waals surface area contributed by atoms with Crippen molar-refractivity contribution < 1.29 is 26.8 Å². The molecule has 1 heterocycles. The molecule has 0 saturated carbocycles. The van der Waals surface area contributed by atoms with Crippen molar-refractivity contribution in [3.63, 3.8) is 0 Å². The molecular weight excluding hydrogens is 481 g/mol. The summed E-state index contributed by atoms with van der Waals surface area (Å²) in [6, 6.07) is 3.97. The predicted octanol–water partition coefficient (Wildman–Crippen LogP) is 4.60. The average molecular weight is 501 g/mol. The van der Waals surface area contributed by atoms with Crippen LogP contribution in [0.4, 0.5) is 4.39 Å². The molecule has 1 atom stereocenters. The minimum Gasteiger partial charge on any atom is -0.539 e. The molecule has 1 aromatic carbocycles. The van der Waals surface area contributed by atoms with E-state index in [4.69, 9.17) is 20.4 Å². The highest BCUT2D eigenvalue weighted by Gasteiger charge is 2.30. The summed E-state index contributed by atoms with van der Waals surface area (Å²) in [5.41, 5.74) is 0.394. The lowest BCUT2D eigenvalue weighted by Gasteiger charge is -2.20. The summed E-state index contributed by atoms with van der Waals surface area (Å²) in [4.78, 5) is -0.415. The average Bonchev–Trinajstić information content (AvgIpc) is 2.85. The van der Waals surface area contributed by atoms with Crippen molar-refractivity contribution in [2.45, 2.75) is 30.9 Å². The maximum atomic E-state index is 13.4. The van der Waals surface area contributed by atoms with Gasteiger partial charge in [0, 0.05) is 12.1 Å². The van der Waals surface area contributed by atoms with Gasteiger partial charge in [-0.25, -0.2) is 17.5 Å². The molecule has 0 amide bonds. The van der Waals surface area contributed by atoms with Gasteiger partial charge in [0.05, 0.1) is 9.85 Å². The molecule has 1 unspecified atom stereocenters. The van der Waals surface area contributed by atoms with Gasteiger partial charge in [-0.3, -0.25) is 0 Å². The van der Waals surface area contributed by atoms with E-state index in [0.29, 0.717) is 17.7 Å². The zero-order valence-corrected chi connectivity index (χ0v) is 19.1. The number of nitrogens with one attached hydrogen (secondary N) is 1. The third kappa shape index (κ3) is 5.95. The smallest absolute Gasteiger partial charge is 0.242 e. The highest BCUT2D eigenvalue weighted by molar-refractivity contribution is 9.09. The first-order chi connectivity index (χ1) is 12.5. The molecule has 2 N–H and O–H groups in total. The molecule has 0 aliphatic heterocycles. The van der Waals surface area contributed by atoms with Crippen LogP contribution in [-0.2, 0) is 10.9 Å². The van der Waals surface area contributed by atoms with Gasteiger partial charge in [0.15, 0.2) is 17.3 Å². The van der Waals surface area contributed by atoms with Crippen molar-refractivity contribution in [3.05, 3.63) is 34.8 Å². The Morgan fingerprint density at radius 3 is 2.63 bits per heavy atom. The highest BCUT2D eigenvalue weighted by Crippen LogP contribution is 2.49. The van der Waals surface area contributed by atoms with Crippen LogP contribution in [0.25, 0.3) is 11.3 Å². The largest absolute Gasteiger partial charge is 0.539 e. The number of halogens is 3. The second kappa shape index (κ2) is 8.95. The Morgan fingerprint density at radius 2 is 2.07 bits per heavy atom. The normalized spacial score (nSPS) is 13.1. The summed E-state index contributed by atoms with van der Waals surface area (Å²) < 4.78 is 48.9. The van der Waals surface area contributed by atoms with Crippen molar-refractivity contribution >= 4 is 46.7 Å². The lowest BCUT2D eigenvalue weighted by molar-refractivity contribution is 0.438. The van der Waals surface area contributed by atoms with Crippen LogP contribution in [0, 0.1) is 5.82 Å². The predicted molar refractivity (Wildman–Crippen MR) is 109 cm³/mol. The van der Waals surface area contributed by atoms with E-state index in [0.717, 1.165) is 0 Å². The molecule has 1 aromatic heterocycles. The molecule has 27 heavy (non-hydrogen) atoms. The maximum Gasteiger partial charge on any atom is 0.242 e. The van der Waals surface area contributed by atoms with Crippen LogP contribution in [-0.4, -0.2) is 28.4 Å².